The highest BCUT2D eigenvalue weighted by molar-refractivity contribution is 6.30. The maximum atomic E-state index is 13.4. The molecular weight excluding hydrogens is 348 g/mol. The molecule has 132 valence electrons. The van der Waals surface area contributed by atoms with Crippen molar-refractivity contribution in [2.24, 2.45) is 0 Å². The van der Waals surface area contributed by atoms with E-state index in [1.807, 2.05) is 11.9 Å². The van der Waals surface area contributed by atoms with Gasteiger partial charge in [-0.05, 0) is 43.4 Å². The topological polar surface area (TPSA) is 30.3 Å². The van der Waals surface area contributed by atoms with Gasteiger partial charge < -0.3 is 4.74 Å². The van der Waals surface area contributed by atoms with Crippen LogP contribution < -0.4 is 4.74 Å². The molecule has 0 saturated heterocycles. The molecule has 0 aliphatic carbocycles. The molecule has 0 unspecified atom stereocenters. The van der Waals surface area contributed by atoms with Crippen LogP contribution in [0.4, 0.5) is 8.78 Å². The third-order valence-corrected chi connectivity index (χ3v) is 4.08. The predicted molar refractivity (Wildman–Crippen MR) is 94.3 cm³/mol. The molecule has 1 heterocycles. The Bertz CT molecular complexity index is 836. The van der Waals surface area contributed by atoms with Crippen molar-refractivity contribution >= 4 is 22.6 Å². The third kappa shape index (κ3) is 4.27. The van der Waals surface area contributed by atoms with Crippen molar-refractivity contribution in [3.63, 3.8) is 0 Å². The minimum atomic E-state index is -2.62. The molecule has 25 heavy (non-hydrogen) atoms. The van der Waals surface area contributed by atoms with E-state index < -0.39 is 6.55 Å². The van der Waals surface area contributed by atoms with Crippen molar-refractivity contribution in [1.29, 1.82) is 0 Å². The fourth-order valence-electron chi connectivity index (χ4n) is 2.59. The summed E-state index contributed by atoms with van der Waals surface area (Å²) in [6.45, 7) is -1.30. The molecule has 7 heteroatoms. The van der Waals surface area contributed by atoms with Crippen LogP contribution in [0.2, 0.25) is 5.02 Å². The van der Waals surface area contributed by atoms with Crippen LogP contribution in [0, 0.1) is 0 Å². The number of aromatic nitrogens is 2. The summed E-state index contributed by atoms with van der Waals surface area (Å²) >= 11 is 5.83. The van der Waals surface area contributed by atoms with Gasteiger partial charge in [-0.1, -0.05) is 23.7 Å². The highest BCUT2D eigenvalue weighted by atomic mass is 35.5. The summed E-state index contributed by atoms with van der Waals surface area (Å²) in [4.78, 5) is 6.23. The van der Waals surface area contributed by atoms with Gasteiger partial charge in [-0.2, -0.15) is 8.78 Å². The fourth-order valence-corrected chi connectivity index (χ4v) is 2.72. The van der Waals surface area contributed by atoms with Crippen LogP contribution in [-0.4, -0.2) is 34.7 Å². The average molecular weight is 366 g/mol. The molecule has 3 aromatic rings. The molecule has 2 aromatic carbocycles. The molecule has 0 saturated carbocycles. The lowest BCUT2D eigenvalue weighted by Crippen LogP contribution is -2.25. The second kappa shape index (κ2) is 7.80. The molecular formula is C18H18ClF2N3O. The van der Waals surface area contributed by atoms with Gasteiger partial charge in [0.1, 0.15) is 18.2 Å². The van der Waals surface area contributed by atoms with E-state index in [1.54, 1.807) is 48.5 Å². The van der Waals surface area contributed by atoms with E-state index in [0.29, 0.717) is 41.6 Å². The Balaban J connectivity index is 1.62. The summed E-state index contributed by atoms with van der Waals surface area (Å²) in [7, 11) is 1.85. The second-order valence-corrected chi connectivity index (χ2v) is 6.14. The van der Waals surface area contributed by atoms with E-state index in [0.717, 1.165) is 10.3 Å². The number of benzene rings is 2. The smallest absolute Gasteiger partial charge is 0.320 e. The highest BCUT2D eigenvalue weighted by Crippen LogP contribution is 2.23. The summed E-state index contributed by atoms with van der Waals surface area (Å²) < 4.78 is 33.4. The number of ether oxygens (including phenoxy) is 1. The Hall–Kier alpha value is -2.18. The first-order chi connectivity index (χ1) is 12.0. The van der Waals surface area contributed by atoms with Gasteiger partial charge in [0, 0.05) is 11.6 Å². The summed E-state index contributed by atoms with van der Waals surface area (Å²) in [5.41, 5.74) is 1.02. The Morgan fingerprint density at radius 3 is 2.60 bits per heavy atom. The quantitative estimate of drug-likeness (QED) is 0.613. The number of fused-ring (bicyclic) bond motifs is 1. The molecule has 0 N–H and O–H groups in total. The van der Waals surface area contributed by atoms with Crippen LogP contribution in [0.1, 0.15) is 12.4 Å². The Morgan fingerprint density at radius 1 is 1.16 bits per heavy atom. The molecule has 0 bridgehead atoms. The molecule has 1 aromatic heterocycles. The van der Waals surface area contributed by atoms with Crippen molar-refractivity contribution in [1.82, 2.24) is 14.5 Å². The lowest BCUT2D eigenvalue weighted by molar-refractivity contribution is 0.0687. The molecule has 4 nitrogen and oxygen atoms in total. The van der Waals surface area contributed by atoms with E-state index in [2.05, 4.69) is 4.98 Å². The third-order valence-electron chi connectivity index (χ3n) is 3.83. The van der Waals surface area contributed by atoms with Crippen molar-refractivity contribution in [2.45, 2.75) is 13.1 Å². The first-order valence-electron chi connectivity index (χ1n) is 7.85. The van der Waals surface area contributed by atoms with Gasteiger partial charge in [-0.3, -0.25) is 9.47 Å². The monoisotopic (exact) mass is 365 g/mol. The van der Waals surface area contributed by atoms with Gasteiger partial charge in [-0.15, -0.1) is 0 Å². The van der Waals surface area contributed by atoms with Gasteiger partial charge in [0.2, 0.25) is 0 Å². The van der Waals surface area contributed by atoms with Gasteiger partial charge in [0.15, 0.2) is 0 Å². The maximum absolute atomic E-state index is 13.4. The Labute approximate surface area is 149 Å². The zero-order valence-electron chi connectivity index (χ0n) is 13.7. The number of likely N-dealkylation sites (N-methyl/N-ethyl adjacent to an activating group) is 1. The number of halogens is 3. The van der Waals surface area contributed by atoms with E-state index in [-0.39, 0.29) is 0 Å². The molecule has 3 rings (SSSR count). The lowest BCUT2D eigenvalue weighted by Gasteiger charge is -2.17. The predicted octanol–water partition coefficient (Wildman–Crippen LogP) is 4.60. The van der Waals surface area contributed by atoms with Gasteiger partial charge in [-0.25, -0.2) is 4.98 Å². The number of imidazole rings is 1. The van der Waals surface area contributed by atoms with Crippen molar-refractivity contribution in [3.05, 3.63) is 59.4 Å². The first-order valence-corrected chi connectivity index (χ1v) is 8.23. The fraction of sp³-hybridized carbons (Fsp3) is 0.278. The van der Waals surface area contributed by atoms with Crippen molar-refractivity contribution in [3.8, 4) is 5.75 Å². The van der Waals surface area contributed by atoms with Crippen LogP contribution in [0.15, 0.2) is 48.5 Å². The molecule has 0 atom stereocenters. The SMILES string of the molecule is CN(CCOc1ccc(Cl)cc1)Cc1nc2ccccc2n1C(F)F. The molecule has 0 spiro atoms. The minimum absolute atomic E-state index is 0.309. The number of alkyl halides is 2. The van der Waals surface area contributed by atoms with E-state index in [1.165, 1.54) is 0 Å². The number of hydrogen-bond donors (Lipinski definition) is 0. The van der Waals surface area contributed by atoms with Gasteiger partial charge in [0.05, 0.1) is 17.6 Å². The van der Waals surface area contributed by atoms with E-state index >= 15 is 0 Å². The molecule has 0 amide bonds. The van der Waals surface area contributed by atoms with Gasteiger partial charge in [0.25, 0.3) is 0 Å². The zero-order valence-corrected chi connectivity index (χ0v) is 14.5. The molecule has 0 aliphatic heterocycles. The second-order valence-electron chi connectivity index (χ2n) is 5.70. The van der Waals surface area contributed by atoms with Crippen molar-refractivity contribution in [2.75, 3.05) is 20.2 Å². The molecule has 0 aliphatic rings. The average Bonchev–Trinajstić information content (AvgIpc) is 2.94. The van der Waals surface area contributed by atoms with Crippen LogP contribution in [0.25, 0.3) is 11.0 Å². The summed E-state index contributed by atoms with van der Waals surface area (Å²) in [5, 5.41) is 0.648. The van der Waals surface area contributed by atoms with Crippen LogP contribution in [0.5, 0.6) is 5.75 Å². The normalized spacial score (nSPS) is 11.6. The number of rotatable bonds is 7. The van der Waals surface area contributed by atoms with Crippen molar-refractivity contribution < 1.29 is 13.5 Å². The highest BCUT2D eigenvalue weighted by Gasteiger charge is 2.18. The Morgan fingerprint density at radius 2 is 1.88 bits per heavy atom. The largest absolute Gasteiger partial charge is 0.492 e. The van der Waals surface area contributed by atoms with Crippen LogP contribution in [-0.2, 0) is 6.54 Å². The van der Waals surface area contributed by atoms with E-state index in [9.17, 15) is 8.78 Å². The standard InChI is InChI=1S/C18H18ClF2N3O/c1-23(10-11-25-14-8-6-13(19)7-9-14)12-17-22-15-4-2-3-5-16(15)24(17)18(20)21/h2-9,18H,10-12H2,1H3. The molecule has 0 radical (unpaired) electrons. The Kier molecular flexibility index (Phi) is 5.50. The number of para-hydroxylation sites is 2. The summed E-state index contributed by atoms with van der Waals surface area (Å²) in [5.74, 6) is 1.06. The summed E-state index contributed by atoms with van der Waals surface area (Å²) in [6.07, 6.45) is 0. The number of hydrogen-bond acceptors (Lipinski definition) is 3. The number of nitrogens with zero attached hydrogens (tertiary/aromatic N) is 3. The summed E-state index contributed by atoms with van der Waals surface area (Å²) in [6, 6.07) is 14.0. The van der Waals surface area contributed by atoms with Gasteiger partial charge >= 0.3 is 6.55 Å². The molecule has 0 fully saturated rings. The zero-order chi connectivity index (χ0) is 17.8. The lowest BCUT2D eigenvalue weighted by atomic mass is 10.3. The minimum Gasteiger partial charge on any atom is -0.492 e. The maximum Gasteiger partial charge on any atom is 0.320 e. The first kappa shape index (κ1) is 17.6. The van der Waals surface area contributed by atoms with Crippen LogP contribution in [0.3, 0.4) is 0 Å². The van der Waals surface area contributed by atoms with Crippen LogP contribution >= 0.6 is 11.6 Å². The van der Waals surface area contributed by atoms with E-state index in [4.69, 9.17) is 16.3 Å².